The van der Waals surface area contributed by atoms with Crippen molar-refractivity contribution in [1.82, 2.24) is 18.7 Å². The smallest absolute Gasteiger partial charge is 0.332 e. The van der Waals surface area contributed by atoms with Crippen LogP contribution in [0, 0.1) is 0 Å². The van der Waals surface area contributed by atoms with Crippen LogP contribution in [0.4, 0.5) is 0 Å². The van der Waals surface area contributed by atoms with Crippen molar-refractivity contribution in [3.8, 4) is 11.5 Å². The number of hydrogen-bond donors (Lipinski definition) is 0. The fourth-order valence-electron chi connectivity index (χ4n) is 3.41. The number of nitrogens with zero attached hydrogens (tertiary/aromatic N) is 4. The van der Waals surface area contributed by atoms with Gasteiger partial charge in [0.25, 0.3) is 5.56 Å². The van der Waals surface area contributed by atoms with Crippen molar-refractivity contribution >= 4 is 23.3 Å². The average molecular weight is 428 g/mol. The molecule has 0 saturated heterocycles. The number of fused-ring (bicyclic) bond motifs is 1. The summed E-state index contributed by atoms with van der Waals surface area (Å²) < 4.78 is 20.6. The topological polar surface area (TPSA) is 89.5 Å². The number of rotatable bonds is 9. The molecule has 2 heterocycles. The van der Waals surface area contributed by atoms with Gasteiger partial charge in [-0.3, -0.25) is 13.9 Å². The SMILES string of the molecule is CCn1c(=O)c2c(nc(C=Cc3ccc(OC)c(OCCOC)c3)n2C)n(CC)c1=O. The molecule has 166 valence electrons. The highest BCUT2D eigenvalue weighted by Crippen LogP contribution is 2.29. The van der Waals surface area contributed by atoms with Crippen LogP contribution in [0.3, 0.4) is 0 Å². The lowest BCUT2D eigenvalue weighted by molar-refractivity contribution is 0.144. The number of hydrogen-bond acceptors (Lipinski definition) is 6. The number of ether oxygens (including phenoxy) is 3. The zero-order valence-corrected chi connectivity index (χ0v) is 18.5. The molecule has 0 bridgehead atoms. The molecule has 31 heavy (non-hydrogen) atoms. The van der Waals surface area contributed by atoms with Gasteiger partial charge in [0.1, 0.15) is 12.4 Å². The van der Waals surface area contributed by atoms with E-state index in [0.717, 1.165) is 5.56 Å². The zero-order valence-electron chi connectivity index (χ0n) is 18.5. The van der Waals surface area contributed by atoms with Gasteiger partial charge >= 0.3 is 5.69 Å². The minimum Gasteiger partial charge on any atom is -0.493 e. The van der Waals surface area contributed by atoms with Crippen molar-refractivity contribution in [3.63, 3.8) is 0 Å². The second-order valence-corrected chi connectivity index (χ2v) is 6.86. The predicted octanol–water partition coefficient (Wildman–Crippen LogP) is 2.14. The second kappa shape index (κ2) is 9.65. The van der Waals surface area contributed by atoms with Crippen molar-refractivity contribution in [2.45, 2.75) is 26.9 Å². The van der Waals surface area contributed by atoms with Gasteiger partial charge in [0.05, 0.1) is 13.7 Å². The van der Waals surface area contributed by atoms with Crippen LogP contribution in [0.1, 0.15) is 25.2 Å². The first-order chi connectivity index (χ1) is 15.0. The van der Waals surface area contributed by atoms with Crippen LogP contribution in [0.15, 0.2) is 27.8 Å². The summed E-state index contributed by atoms with van der Waals surface area (Å²) in [7, 11) is 4.97. The zero-order chi connectivity index (χ0) is 22.5. The van der Waals surface area contributed by atoms with Crippen molar-refractivity contribution in [1.29, 1.82) is 0 Å². The Morgan fingerprint density at radius 2 is 1.74 bits per heavy atom. The van der Waals surface area contributed by atoms with Gasteiger partial charge in [0, 0.05) is 27.2 Å². The molecule has 0 aliphatic rings. The molecule has 0 N–H and O–H groups in total. The highest BCUT2D eigenvalue weighted by Gasteiger charge is 2.17. The van der Waals surface area contributed by atoms with Crippen LogP contribution < -0.4 is 20.7 Å². The van der Waals surface area contributed by atoms with Crippen molar-refractivity contribution < 1.29 is 14.2 Å². The fraction of sp³-hybridized carbons (Fsp3) is 0.409. The Morgan fingerprint density at radius 3 is 2.39 bits per heavy atom. The van der Waals surface area contributed by atoms with Crippen LogP contribution >= 0.6 is 0 Å². The first-order valence-corrected chi connectivity index (χ1v) is 10.1. The number of aromatic nitrogens is 4. The van der Waals surface area contributed by atoms with Gasteiger partial charge in [-0.2, -0.15) is 0 Å². The minimum absolute atomic E-state index is 0.307. The van der Waals surface area contributed by atoms with Crippen molar-refractivity contribution in [3.05, 3.63) is 50.4 Å². The lowest BCUT2D eigenvalue weighted by Gasteiger charge is -2.11. The molecule has 0 saturated carbocycles. The van der Waals surface area contributed by atoms with Gasteiger partial charge < -0.3 is 18.8 Å². The van der Waals surface area contributed by atoms with Gasteiger partial charge in [-0.25, -0.2) is 9.78 Å². The largest absolute Gasteiger partial charge is 0.493 e. The molecule has 0 aliphatic carbocycles. The maximum atomic E-state index is 12.8. The maximum absolute atomic E-state index is 12.8. The summed E-state index contributed by atoms with van der Waals surface area (Å²) in [5.41, 5.74) is 0.993. The summed E-state index contributed by atoms with van der Waals surface area (Å²) in [4.78, 5) is 30.0. The molecule has 0 amide bonds. The summed E-state index contributed by atoms with van der Waals surface area (Å²) in [6.07, 6.45) is 3.68. The summed E-state index contributed by atoms with van der Waals surface area (Å²) in [6.45, 7) is 5.25. The van der Waals surface area contributed by atoms with Crippen LogP contribution in [-0.2, 0) is 24.9 Å². The van der Waals surface area contributed by atoms with E-state index < -0.39 is 0 Å². The molecule has 9 heteroatoms. The Labute approximate surface area is 180 Å². The molecule has 0 aliphatic heterocycles. The molecule has 3 rings (SSSR count). The van der Waals surface area contributed by atoms with Gasteiger partial charge in [0.2, 0.25) is 0 Å². The molecular weight excluding hydrogens is 400 g/mol. The Hall–Kier alpha value is -3.33. The van der Waals surface area contributed by atoms with E-state index in [0.29, 0.717) is 54.8 Å². The van der Waals surface area contributed by atoms with Gasteiger partial charge in [-0.05, 0) is 37.6 Å². The Morgan fingerprint density at radius 1 is 1.00 bits per heavy atom. The molecule has 1 aromatic carbocycles. The van der Waals surface area contributed by atoms with E-state index in [1.807, 2.05) is 31.2 Å². The third kappa shape index (κ3) is 4.27. The van der Waals surface area contributed by atoms with Gasteiger partial charge in [-0.15, -0.1) is 0 Å². The summed E-state index contributed by atoms with van der Waals surface area (Å²) in [5, 5.41) is 0. The van der Waals surface area contributed by atoms with E-state index in [4.69, 9.17) is 14.2 Å². The average Bonchev–Trinajstić information content (AvgIpc) is 3.09. The monoisotopic (exact) mass is 428 g/mol. The summed E-state index contributed by atoms with van der Waals surface area (Å²) in [6, 6.07) is 5.58. The van der Waals surface area contributed by atoms with E-state index in [2.05, 4.69) is 4.98 Å². The standard InChI is InChI=1S/C22H28N4O5/c1-6-25-20-19(21(27)26(7-2)22(25)28)24(3)18(23-20)11-9-15-8-10-16(30-5)17(14-15)31-13-12-29-4/h8-11,14H,6-7,12-13H2,1-5H3. The summed E-state index contributed by atoms with van der Waals surface area (Å²) >= 11 is 0. The first-order valence-electron chi connectivity index (χ1n) is 10.1. The number of methoxy groups -OCH3 is 2. The third-order valence-electron chi connectivity index (χ3n) is 5.07. The van der Waals surface area contributed by atoms with E-state index >= 15 is 0 Å². The summed E-state index contributed by atoms with van der Waals surface area (Å²) in [5.74, 6) is 1.81. The van der Waals surface area contributed by atoms with Crippen LogP contribution in [0.2, 0.25) is 0 Å². The molecule has 0 fully saturated rings. The molecule has 2 aromatic heterocycles. The molecule has 0 radical (unpaired) electrons. The highest BCUT2D eigenvalue weighted by atomic mass is 16.5. The number of imidazole rings is 1. The van der Waals surface area contributed by atoms with Crippen molar-refractivity contribution in [2.75, 3.05) is 27.4 Å². The molecular formula is C22H28N4O5. The first kappa shape index (κ1) is 22.4. The van der Waals surface area contributed by atoms with Crippen LogP contribution in [-0.4, -0.2) is 46.1 Å². The minimum atomic E-state index is -0.343. The van der Waals surface area contributed by atoms with Crippen LogP contribution in [0.25, 0.3) is 23.3 Å². The molecule has 0 atom stereocenters. The maximum Gasteiger partial charge on any atom is 0.332 e. The van der Waals surface area contributed by atoms with E-state index in [9.17, 15) is 9.59 Å². The van der Waals surface area contributed by atoms with E-state index in [1.54, 1.807) is 38.8 Å². The molecule has 9 nitrogen and oxygen atoms in total. The van der Waals surface area contributed by atoms with Crippen LogP contribution in [0.5, 0.6) is 11.5 Å². The molecule has 0 unspecified atom stereocenters. The normalized spacial score (nSPS) is 11.5. The predicted molar refractivity (Wildman–Crippen MR) is 120 cm³/mol. The third-order valence-corrected chi connectivity index (χ3v) is 5.07. The Kier molecular flexibility index (Phi) is 6.96. The van der Waals surface area contributed by atoms with Gasteiger partial charge in [0.15, 0.2) is 22.7 Å². The second-order valence-electron chi connectivity index (χ2n) is 6.86. The van der Waals surface area contributed by atoms with Crippen molar-refractivity contribution in [2.24, 2.45) is 7.05 Å². The van der Waals surface area contributed by atoms with Gasteiger partial charge in [-0.1, -0.05) is 12.1 Å². The van der Waals surface area contributed by atoms with E-state index in [-0.39, 0.29) is 11.2 Å². The highest BCUT2D eigenvalue weighted by molar-refractivity contribution is 5.77. The quantitative estimate of drug-likeness (QED) is 0.485. The lowest BCUT2D eigenvalue weighted by atomic mass is 10.2. The Bertz CT molecular complexity index is 1220. The Balaban J connectivity index is 2.03. The van der Waals surface area contributed by atoms with E-state index in [1.165, 1.54) is 9.13 Å². The lowest BCUT2D eigenvalue weighted by Crippen LogP contribution is -2.39. The molecule has 0 spiro atoms. The number of benzene rings is 1. The number of aryl methyl sites for hydroxylation is 2. The molecule has 3 aromatic rings. The fourth-order valence-corrected chi connectivity index (χ4v) is 3.41.